The second-order valence-corrected chi connectivity index (χ2v) is 7.89. The number of halogens is 1. The van der Waals surface area contributed by atoms with Crippen molar-refractivity contribution in [2.45, 2.75) is 6.54 Å². The van der Waals surface area contributed by atoms with Crippen LogP contribution in [0.3, 0.4) is 0 Å². The van der Waals surface area contributed by atoms with Crippen molar-refractivity contribution in [3.05, 3.63) is 99.4 Å². The Bertz CT molecular complexity index is 1380. The molecule has 136 valence electrons. The van der Waals surface area contributed by atoms with Crippen LogP contribution in [-0.4, -0.2) is 9.55 Å². The summed E-state index contributed by atoms with van der Waals surface area (Å²) in [4.78, 5) is 18.6. The molecule has 0 aliphatic rings. The van der Waals surface area contributed by atoms with Gasteiger partial charge in [0, 0.05) is 16.0 Å². The van der Waals surface area contributed by atoms with E-state index >= 15 is 0 Å². The standard InChI is InChI=1S/C23H15ClN2OS/c24-20-11-4-2-7-16(20)12-26-14-25-22-21(23(26)27)19(13-28-22)18-10-5-8-15-6-1-3-9-17(15)18/h1-11,13-14H,12H2. The lowest BCUT2D eigenvalue weighted by atomic mass is 9.99. The van der Waals surface area contributed by atoms with Crippen LogP contribution >= 0.6 is 22.9 Å². The predicted molar refractivity (Wildman–Crippen MR) is 117 cm³/mol. The van der Waals surface area contributed by atoms with E-state index in [2.05, 4.69) is 29.2 Å². The molecule has 0 aliphatic carbocycles. The van der Waals surface area contributed by atoms with Gasteiger partial charge in [-0.05, 0) is 28.0 Å². The lowest BCUT2D eigenvalue weighted by Crippen LogP contribution is -2.21. The van der Waals surface area contributed by atoms with Crippen molar-refractivity contribution in [2.24, 2.45) is 0 Å². The third kappa shape index (κ3) is 2.82. The first kappa shape index (κ1) is 17.2. The van der Waals surface area contributed by atoms with Gasteiger partial charge in [-0.2, -0.15) is 0 Å². The first-order valence-electron chi connectivity index (χ1n) is 8.90. The Morgan fingerprint density at radius 1 is 0.929 bits per heavy atom. The number of benzene rings is 3. The summed E-state index contributed by atoms with van der Waals surface area (Å²) in [6, 6.07) is 22.0. The number of aromatic nitrogens is 2. The van der Waals surface area contributed by atoms with Crippen molar-refractivity contribution >= 4 is 43.9 Å². The molecule has 0 saturated heterocycles. The van der Waals surface area contributed by atoms with Gasteiger partial charge < -0.3 is 0 Å². The zero-order chi connectivity index (χ0) is 19.1. The fourth-order valence-corrected chi connectivity index (χ4v) is 4.64. The van der Waals surface area contributed by atoms with Crippen molar-refractivity contribution < 1.29 is 0 Å². The second kappa shape index (κ2) is 6.89. The molecule has 5 rings (SSSR count). The lowest BCUT2D eigenvalue weighted by Gasteiger charge is -2.09. The van der Waals surface area contributed by atoms with E-state index in [0.717, 1.165) is 32.3 Å². The summed E-state index contributed by atoms with van der Waals surface area (Å²) in [6.45, 7) is 0.395. The number of hydrogen-bond acceptors (Lipinski definition) is 3. The molecule has 3 nitrogen and oxygen atoms in total. The number of fused-ring (bicyclic) bond motifs is 2. The molecular weight excluding hydrogens is 388 g/mol. The summed E-state index contributed by atoms with van der Waals surface area (Å²) in [6.07, 6.45) is 1.61. The van der Waals surface area contributed by atoms with Crippen LogP contribution in [0.25, 0.3) is 32.1 Å². The highest BCUT2D eigenvalue weighted by atomic mass is 35.5. The summed E-state index contributed by atoms with van der Waals surface area (Å²) in [7, 11) is 0. The predicted octanol–water partition coefficient (Wildman–Crippen LogP) is 5.98. The first-order valence-corrected chi connectivity index (χ1v) is 10.2. The van der Waals surface area contributed by atoms with Gasteiger partial charge in [0.05, 0.1) is 18.3 Å². The smallest absolute Gasteiger partial charge is 0.263 e. The summed E-state index contributed by atoms with van der Waals surface area (Å²) in [5.74, 6) is 0. The maximum absolute atomic E-state index is 13.3. The largest absolute Gasteiger partial charge is 0.294 e. The Balaban J connectivity index is 1.71. The molecule has 0 bridgehead atoms. The van der Waals surface area contributed by atoms with E-state index in [0.29, 0.717) is 17.0 Å². The van der Waals surface area contributed by atoms with Crippen LogP contribution in [0.1, 0.15) is 5.56 Å². The van der Waals surface area contributed by atoms with E-state index in [1.165, 1.54) is 11.3 Å². The van der Waals surface area contributed by atoms with Gasteiger partial charge in [0.2, 0.25) is 0 Å². The third-order valence-electron chi connectivity index (χ3n) is 4.94. The van der Waals surface area contributed by atoms with E-state index in [1.54, 1.807) is 10.9 Å². The molecule has 2 aromatic heterocycles. The molecular formula is C23H15ClN2OS. The van der Waals surface area contributed by atoms with Gasteiger partial charge in [-0.3, -0.25) is 9.36 Å². The molecule has 0 atom stereocenters. The molecule has 0 aliphatic heterocycles. The summed E-state index contributed by atoms with van der Waals surface area (Å²) >= 11 is 7.78. The van der Waals surface area contributed by atoms with Crippen LogP contribution in [0, 0.1) is 0 Å². The molecule has 0 unspecified atom stereocenters. The number of hydrogen-bond donors (Lipinski definition) is 0. The summed E-state index contributed by atoms with van der Waals surface area (Å²) < 4.78 is 1.63. The van der Waals surface area contributed by atoms with E-state index < -0.39 is 0 Å². The molecule has 28 heavy (non-hydrogen) atoms. The molecule has 0 fully saturated rings. The maximum Gasteiger partial charge on any atom is 0.263 e. The SMILES string of the molecule is O=c1c2c(-c3cccc4ccccc34)csc2ncn1Cc1ccccc1Cl. The minimum absolute atomic E-state index is 0.0471. The molecule has 0 N–H and O–H groups in total. The highest BCUT2D eigenvalue weighted by Crippen LogP contribution is 2.35. The Morgan fingerprint density at radius 2 is 1.71 bits per heavy atom. The second-order valence-electron chi connectivity index (χ2n) is 6.63. The van der Waals surface area contributed by atoms with Gasteiger partial charge in [0.1, 0.15) is 4.83 Å². The van der Waals surface area contributed by atoms with Gasteiger partial charge in [-0.1, -0.05) is 72.3 Å². The Kier molecular flexibility index (Phi) is 4.23. The van der Waals surface area contributed by atoms with Gasteiger partial charge >= 0.3 is 0 Å². The lowest BCUT2D eigenvalue weighted by molar-refractivity contribution is 0.750. The summed E-state index contributed by atoms with van der Waals surface area (Å²) in [5, 5.41) is 5.62. The zero-order valence-corrected chi connectivity index (χ0v) is 16.4. The topological polar surface area (TPSA) is 34.9 Å². The third-order valence-corrected chi connectivity index (χ3v) is 6.19. The monoisotopic (exact) mass is 402 g/mol. The van der Waals surface area contributed by atoms with E-state index in [1.807, 2.05) is 47.8 Å². The Labute approximate surface area is 170 Å². The van der Waals surface area contributed by atoms with E-state index in [4.69, 9.17) is 11.6 Å². The molecule has 3 aromatic carbocycles. The molecule has 5 aromatic rings. The van der Waals surface area contributed by atoms with Crippen LogP contribution in [-0.2, 0) is 6.54 Å². The van der Waals surface area contributed by atoms with Crippen molar-refractivity contribution in [2.75, 3.05) is 0 Å². The van der Waals surface area contributed by atoms with Gasteiger partial charge in [0.25, 0.3) is 5.56 Å². The van der Waals surface area contributed by atoms with Gasteiger partial charge in [0.15, 0.2) is 0 Å². The number of rotatable bonds is 3. The average molecular weight is 403 g/mol. The van der Waals surface area contributed by atoms with Crippen molar-refractivity contribution in [3.8, 4) is 11.1 Å². The zero-order valence-electron chi connectivity index (χ0n) is 14.8. The van der Waals surface area contributed by atoms with Crippen molar-refractivity contribution in [1.29, 1.82) is 0 Å². The molecule has 2 heterocycles. The van der Waals surface area contributed by atoms with Crippen LogP contribution in [0.5, 0.6) is 0 Å². The number of thiophene rings is 1. The molecule has 0 saturated carbocycles. The number of nitrogens with zero attached hydrogens (tertiary/aromatic N) is 2. The van der Waals surface area contributed by atoms with E-state index in [-0.39, 0.29) is 5.56 Å². The maximum atomic E-state index is 13.3. The van der Waals surface area contributed by atoms with Crippen molar-refractivity contribution in [1.82, 2.24) is 9.55 Å². The minimum atomic E-state index is -0.0471. The molecule has 0 amide bonds. The highest BCUT2D eigenvalue weighted by molar-refractivity contribution is 7.17. The Morgan fingerprint density at radius 3 is 2.61 bits per heavy atom. The molecule has 0 radical (unpaired) electrons. The fraction of sp³-hybridized carbons (Fsp3) is 0.0435. The van der Waals surface area contributed by atoms with Crippen LogP contribution < -0.4 is 5.56 Å². The van der Waals surface area contributed by atoms with E-state index in [9.17, 15) is 4.79 Å². The average Bonchev–Trinajstić information content (AvgIpc) is 3.16. The summed E-state index contributed by atoms with van der Waals surface area (Å²) in [5.41, 5.74) is 2.84. The Hall–Kier alpha value is -2.95. The van der Waals surface area contributed by atoms with Gasteiger partial charge in [-0.25, -0.2) is 4.98 Å². The minimum Gasteiger partial charge on any atom is -0.294 e. The first-order chi connectivity index (χ1) is 13.7. The fourth-order valence-electron chi connectivity index (χ4n) is 3.55. The quantitative estimate of drug-likeness (QED) is 0.372. The normalized spacial score (nSPS) is 11.3. The van der Waals surface area contributed by atoms with Gasteiger partial charge in [-0.15, -0.1) is 11.3 Å². The van der Waals surface area contributed by atoms with Crippen molar-refractivity contribution in [3.63, 3.8) is 0 Å². The van der Waals surface area contributed by atoms with Crippen LogP contribution in [0.2, 0.25) is 5.02 Å². The van der Waals surface area contributed by atoms with Crippen LogP contribution in [0.4, 0.5) is 0 Å². The molecule has 5 heteroatoms. The molecule has 0 spiro atoms. The van der Waals surface area contributed by atoms with Crippen LogP contribution in [0.15, 0.2) is 83.2 Å². The highest BCUT2D eigenvalue weighted by Gasteiger charge is 2.15.